The summed E-state index contributed by atoms with van der Waals surface area (Å²) in [5, 5.41) is 0.663. The molecule has 6 rings (SSSR count). The number of halogens is 3. The number of fused-ring (bicyclic) bond motifs is 8. The Hall–Kier alpha value is -2.90. The van der Waals surface area contributed by atoms with Crippen LogP contribution in [-0.4, -0.2) is 31.7 Å². The number of nitrogens with two attached hydrogens (primary N) is 1. The van der Waals surface area contributed by atoms with E-state index in [1.165, 1.54) is 6.07 Å². The van der Waals surface area contributed by atoms with Crippen LogP contribution in [0.25, 0.3) is 16.6 Å². The van der Waals surface area contributed by atoms with Crippen LogP contribution in [0.2, 0.25) is 10.0 Å². The molecule has 1 aliphatic carbocycles. The smallest absolute Gasteiger partial charge is 0.255 e. The average Bonchev–Trinajstić information content (AvgIpc) is 3.32. The van der Waals surface area contributed by atoms with Gasteiger partial charge >= 0.3 is 0 Å². The topological polar surface area (TPSA) is 76.5 Å². The number of anilines is 1. The van der Waals surface area contributed by atoms with Crippen molar-refractivity contribution in [2.24, 2.45) is 0 Å². The molecule has 0 unspecified atom stereocenters. The average molecular weight is 456 g/mol. The summed E-state index contributed by atoms with van der Waals surface area (Å²) in [6, 6.07) is 6.16. The number of piperidine rings is 1. The molecule has 1 saturated heterocycles. The van der Waals surface area contributed by atoms with E-state index in [0.717, 1.165) is 12.0 Å². The SMILES string of the molecule is Nc1nc2cc(Cl)c(C(=O)N3CC[C@H]4C[C@@H]3c3c(F)cc(Cl)cc34)cc2n2cncc12. The molecule has 1 fully saturated rings. The number of rotatable bonds is 1. The van der Waals surface area contributed by atoms with Gasteiger partial charge in [0, 0.05) is 17.1 Å². The van der Waals surface area contributed by atoms with Gasteiger partial charge in [-0.15, -0.1) is 0 Å². The van der Waals surface area contributed by atoms with Crippen LogP contribution in [-0.2, 0) is 0 Å². The summed E-state index contributed by atoms with van der Waals surface area (Å²) in [4.78, 5) is 23.8. The lowest BCUT2D eigenvalue weighted by atomic mass is 9.95. The molecule has 2 aromatic carbocycles. The molecule has 2 bridgehead atoms. The highest BCUT2D eigenvalue weighted by molar-refractivity contribution is 6.34. The van der Waals surface area contributed by atoms with Crippen LogP contribution in [0.15, 0.2) is 36.8 Å². The summed E-state index contributed by atoms with van der Waals surface area (Å²) < 4.78 is 16.6. The van der Waals surface area contributed by atoms with Gasteiger partial charge in [0.2, 0.25) is 0 Å². The molecule has 2 atom stereocenters. The number of hydrogen-bond donors (Lipinski definition) is 1. The minimum atomic E-state index is -0.362. The van der Waals surface area contributed by atoms with E-state index in [4.69, 9.17) is 28.9 Å². The number of nitrogens with zero attached hydrogens (tertiary/aromatic N) is 4. The van der Waals surface area contributed by atoms with Crippen molar-refractivity contribution in [3.8, 4) is 0 Å². The van der Waals surface area contributed by atoms with Gasteiger partial charge < -0.3 is 10.6 Å². The van der Waals surface area contributed by atoms with E-state index >= 15 is 0 Å². The third-order valence-electron chi connectivity index (χ3n) is 6.46. The van der Waals surface area contributed by atoms with E-state index in [-0.39, 0.29) is 28.7 Å². The molecular formula is C22H16Cl2FN5O. The molecule has 31 heavy (non-hydrogen) atoms. The van der Waals surface area contributed by atoms with Crippen molar-refractivity contribution in [2.75, 3.05) is 12.3 Å². The molecule has 1 amide bonds. The molecule has 2 N–H and O–H groups in total. The summed E-state index contributed by atoms with van der Waals surface area (Å²) in [5.41, 5.74) is 9.73. The van der Waals surface area contributed by atoms with E-state index in [0.29, 0.717) is 51.5 Å². The first kappa shape index (κ1) is 18.8. The normalized spacial score (nSPS) is 19.9. The summed E-state index contributed by atoms with van der Waals surface area (Å²) in [6.07, 6.45) is 4.68. The predicted octanol–water partition coefficient (Wildman–Crippen LogP) is 4.99. The van der Waals surface area contributed by atoms with Gasteiger partial charge in [0.25, 0.3) is 5.91 Å². The third kappa shape index (κ3) is 2.66. The number of carbonyl (C=O) groups excluding carboxylic acids is 1. The van der Waals surface area contributed by atoms with Gasteiger partial charge in [-0.25, -0.2) is 14.4 Å². The van der Waals surface area contributed by atoms with E-state index in [2.05, 4.69) is 9.97 Å². The molecule has 2 aliphatic rings. The fourth-order valence-electron chi connectivity index (χ4n) is 5.07. The van der Waals surface area contributed by atoms with Crippen molar-refractivity contribution in [1.82, 2.24) is 19.3 Å². The first-order valence-corrected chi connectivity index (χ1v) is 10.7. The van der Waals surface area contributed by atoms with E-state index < -0.39 is 0 Å². The third-order valence-corrected chi connectivity index (χ3v) is 6.99. The molecule has 156 valence electrons. The Labute approximate surface area is 186 Å². The summed E-state index contributed by atoms with van der Waals surface area (Å²) >= 11 is 12.6. The van der Waals surface area contributed by atoms with Crippen LogP contribution in [0.3, 0.4) is 0 Å². The minimum absolute atomic E-state index is 0.210. The minimum Gasteiger partial charge on any atom is -0.382 e. The second kappa shape index (κ2) is 6.55. The van der Waals surface area contributed by atoms with Crippen LogP contribution >= 0.6 is 23.2 Å². The Morgan fingerprint density at radius 2 is 2.03 bits per heavy atom. The van der Waals surface area contributed by atoms with Gasteiger partial charge in [-0.1, -0.05) is 23.2 Å². The Balaban J connectivity index is 1.47. The lowest BCUT2D eigenvalue weighted by Crippen LogP contribution is -2.38. The Bertz CT molecular complexity index is 1420. The monoisotopic (exact) mass is 455 g/mol. The molecule has 4 aromatic rings. The Morgan fingerprint density at radius 3 is 2.87 bits per heavy atom. The molecular weight excluding hydrogens is 440 g/mol. The molecule has 0 saturated carbocycles. The van der Waals surface area contributed by atoms with Gasteiger partial charge in [0.1, 0.15) is 17.2 Å². The van der Waals surface area contributed by atoms with Crippen molar-refractivity contribution in [3.05, 3.63) is 69.3 Å². The number of aromatic nitrogens is 3. The maximum absolute atomic E-state index is 14.8. The number of amides is 1. The van der Waals surface area contributed by atoms with Crippen LogP contribution in [0, 0.1) is 5.82 Å². The fraction of sp³-hybridized carbons (Fsp3) is 0.227. The van der Waals surface area contributed by atoms with Crippen LogP contribution in [0.1, 0.15) is 46.3 Å². The van der Waals surface area contributed by atoms with Crippen molar-refractivity contribution < 1.29 is 9.18 Å². The summed E-state index contributed by atoms with van der Waals surface area (Å²) in [5.74, 6) is -0.0530. The molecule has 1 aliphatic heterocycles. The largest absolute Gasteiger partial charge is 0.382 e. The number of benzene rings is 2. The highest BCUT2D eigenvalue weighted by Gasteiger charge is 2.43. The second-order valence-electron chi connectivity index (χ2n) is 8.09. The standard InChI is InChI=1S/C22H16Cl2FN5O/c23-11-4-12-10-1-2-29(18(3-10)20(12)15(25)5-11)22(31)13-6-17-16(7-14(13)24)28-21(26)19-8-27-9-30(17)19/h4-10,18H,1-3H2,(H2,26,28)/t10-,18+/m0/s1. The van der Waals surface area contributed by atoms with Crippen LogP contribution in [0.4, 0.5) is 10.2 Å². The number of imidazole rings is 1. The van der Waals surface area contributed by atoms with E-state index in [9.17, 15) is 9.18 Å². The lowest BCUT2D eigenvalue weighted by Gasteiger charge is -2.34. The Kier molecular flexibility index (Phi) is 3.98. The molecule has 9 heteroatoms. The summed E-state index contributed by atoms with van der Waals surface area (Å²) in [6.45, 7) is 0.523. The van der Waals surface area contributed by atoms with Gasteiger partial charge in [-0.05, 0) is 48.6 Å². The highest BCUT2D eigenvalue weighted by atomic mass is 35.5. The molecule has 0 radical (unpaired) electrons. The van der Waals surface area contributed by atoms with Crippen LogP contribution in [0.5, 0.6) is 0 Å². The zero-order valence-corrected chi connectivity index (χ0v) is 17.7. The number of nitrogen functional groups attached to an aromatic ring is 1. The fourth-order valence-corrected chi connectivity index (χ4v) is 5.53. The summed E-state index contributed by atoms with van der Waals surface area (Å²) in [7, 11) is 0. The predicted molar refractivity (Wildman–Crippen MR) is 117 cm³/mol. The van der Waals surface area contributed by atoms with Crippen molar-refractivity contribution in [1.29, 1.82) is 0 Å². The first-order chi connectivity index (χ1) is 14.9. The van der Waals surface area contributed by atoms with Crippen molar-refractivity contribution in [3.63, 3.8) is 0 Å². The first-order valence-electron chi connectivity index (χ1n) is 9.93. The number of carbonyl (C=O) groups is 1. The maximum atomic E-state index is 14.8. The highest BCUT2D eigenvalue weighted by Crippen LogP contribution is 2.51. The Morgan fingerprint density at radius 1 is 1.19 bits per heavy atom. The van der Waals surface area contributed by atoms with Gasteiger partial charge in [0.15, 0.2) is 0 Å². The molecule has 2 aromatic heterocycles. The number of hydrogen-bond acceptors (Lipinski definition) is 4. The lowest BCUT2D eigenvalue weighted by molar-refractivity contribution is 0.0618. The van der Waals surface area contributed by atoms with Crippen molar-refractivity contribution in [2.45, 2.75) is 24.8 Å². The molecule has 0 spiro atoms. The van der Waals surface area contributed by atoms with Gasteiger partial charge in [-0.2, -0.15) is 0 Å². The van der Waals surface area contributed by atoms with E-state index in [1.807, 2.05) is 6.07 Å². The zero-order chi connectivity index (χ0) is 21.4. The van der Waals surface area contributed by atoms with Gasteiger partial charge in [0.05, 0.1) is 40.2 Å². The van der Waals surface area contributed by atoms with Crippen molar-refractivity contribution >= 4 is 51.5 Å². The quantitative estimate of drug-likeness (QED) is 0.438. The van der Waals surface area contributed by atoms with E-state index in [1.54, 1.807) is 34.0 Å². The van der Waals surface area contributed by atoms with Crippen LogP contribution < -0.4 is 5.73 Å². The maximum Gasteiger partial charge on any atom is 0.255 e. The molecule has 3 heterocycles. The number of likely N-dealkylation sites (tertiary alicyclic amines) is 1. The second-order valence-corrected chi connectivity index (χ2v) is 8.94. The van der Waals surface area contributed by atoms with Gasteiger partial charge in [-0.3, -0.25) is 9.20 Å². The molecule has 6 nitrogen and oxygen atoms in total. The zero-order valence-electron chi connectivity index (χ0n) is 16.1.